The number of aryl methyl sites for hydroxylation is 1. The van der Waals surface area contributed by atoms with Gasteiger partial charge in [0.15, 0.2) is 0 Å². The number of aromatic nitrogens is 1. The highest BCUT2D eigenvalue weighted by atomic mass is 79.9. The molecule has 20 heavy (non-hydrogen) atoms. The summed E-state index contributed by atoms with van der Waals surface area (Å²) in [5, 5.41) is 3.39. The van der Waals surface area contributed by atoms with Gasteiger partial charge in [0.25, 0.3) is 0 Å². The van der Waals surface area contributed by atoms with Crippen molar-refractivity contribution in [3.8, 4) is 0 Å². The van der Waals surface area contributed by atoms with Gasteiger partial charge in [-0.1, -0.05) is 25.1 Å². The van der Waals surface area contributed by atoms with Crippen molar-refractivity contribution in [1.29, 1.82) is 0 Å². The minimum Gasteiger partial charge on any atom is -0.310 e. The maximum absolute atomic E-state index is 13.7. The summed E-state index contributed by atoms with van der Waals surface area (Å²) in [6.07, 6.45) is 2.59. The summed E-state index contributed by atoms with van der Waals surface area (Å²) in [7, 11) is 0. The van der Waals surface area contributed by atoms with Crippen molar-refractivity contribution in [2.24, 2.45) is 0 Å². The van der Waals surface area contributed by atoms with E-state index in [0.29, 0.717) is 4.47 Å². The second-order valence-corrected chi connectivity index (χ2v) is 5.58. The molecule has 1 aromatic heterocycles. The van der Waals surface area contributed by atoms with E-state index in [1.165, 1.54) is 6.07 Å². The molecule has 0 aliphatic heterocycles. The van der Waals surface area contributed by atoms with E-state index in [1.54, 1.807) is 6.07 Å². The molecular formula is C16H18BrFN2. The highest BCUT2D eigenvalue weighted by molar-refractivity contribution is 9.10. The molecule has 0 saturated heterocycles. The highest BCUT2D eigenvalue weighted by Gasteiger charge is 2.16. The van der Waals surface area contributed by atoms with Gasteiger partial charge in [0.1, 0.15) is 5.82 Å². The molecule has 0 aliphatic rings. The number of nitrogens with one attached hydrogen (secondary N) is 1. The van der Waals surface area contributed by atoms with Gasteiger partial charge >= 0.3 is 0 Å². The van der Waals surface area contributed by atoms with Crippen LogP contribution in [-0.2, 0) is 6.42 Å². The van der Waals surface area contributed by atoms with Crippen molar-refractivity contribution < 1.29 is 4.39 Å². The van der Waals surface area contributed by atoms with E-state index in [-0.39, 0.29) is 11.9 Å². The zero-order chi connectivity index (χ0) is 14.5. The van der Waals surface area contributed by atoms with E-state index in [4.69, 9.17) is 0 Å². The fourth-order valence-corrected chi connectivity index (χ4v) is 2.70. The Morgan fingerprint density at radius 3 is 2.75 bits per heavy atom. The Balaban J connectivity index is 2.26. The van der Waals surface area contributed by atoms with Crippen LogP contribution in [0.2, 0.25) is 0 Å². The van der Waals surface area contributed by atoms with Crippen molar-refractivity contribution in [2.45, 2.75) is 26.3 Å². The molecule has 1 heterocycles. The summed E-state index contributed by atoms with van der Waals surface area (Å²) in [5.74, 6) is -0.234. The first-order chi connectivity index (χ1) is 9.61. The lowest BCUT2D eigenvalue weighted by Crippen LogP contribution is -2.24. The average Bonchev–Trinajstić information content (AvgIpc) is 2.44. The van der Waals surface area contributed by atoms with Gasteiger partial charge in [-0.3, -0.25) is 4.98 Å². The van der Waals surface area contributed by atoms with Gasteiger partial charge in [-0.2, -0.15) is 0 Å². The topological polar surface area (TPSA) is 24.9 Å². The van der Waals surface area contributed by atoms with Gasteiger partial charge in [-0.15, -0.1) is 0 Å². The van der Waals surface area contributed by atoms with Crippen molar-refractivity contribution in [1.82, 2.24) is 10.3 Å². The third kappa shape index (κ3) is 3.64. The fraction of sp³-hybridized carbons (Fsp3) is 0.312. The van der Waals surface area contributed by atoms with Gasteiger partial charge in [0.2, 0.25) is 0 Å². The van der Waals surface area contributed by atoms with E-state index < -0.39 is 0 Å². The first kappa shape index (κ1) is 15.1. The Kier molecular flexibility index (Phi) is 5.26. The number of halogens is 2. The van der Waals surface area contributed by atoms with E-state index >= 15 is 0 Å². The molecule has 0 fully saturated rings. The van der Waals surface area contributed by atoms with Crippen molar-refractivity contribution in [3.63, 3.8) is 0 Å². The monoisotopic (exact) mass is 336 g/mol. The summed E-state index contributed by atoms with van der Waals surface area (Å²) in [6, 6.07) is 9.25. The number of likely N-dealkylation sites (N-methyl/N-ethyl adjacent to an activating group) is 1. The molecule has 0 amide bonds. The third-order valence-corrected chi connectivity index (χ3v) is 4.03. The van der Waals surface area contributed by atoms with Gasteiger partial charge in [0.05, 0.1) is 4.47 Å². The van der Waals surface area contributed by atoms with Crippen LogP contribution in [0.4, 0.5) is 4.39 Å². The summed E-state index contributed by atoms with van der Waals surface area (Å²) in [6.45, 7) is 4.88. The molecule has 0 aliphatic carbocycles. The van der Waals surface area contributed by atoms with Gasteiger partial charge < -0.3 is 5.32 Å². The second-order valence-electron chi connectivity index (χ2n) is 4.78. The van der Waals surface area contributed by atoms with Crippen LogP contribution in [0.25, 0.3) is 0 Å². The number of nitrogens with zero attached hydrogens (tertiary/aromatic N) is 1. The first-order valence-electron chi connectivity index (χ1n) is 6.70. The molecule has 0 saturated carbocycles. The highest BCUT2D eigenvalue weighted by Crippen LogP contribution is 2.28. The minimum absolute atomic E-state index is 0.0419. The zero-order valence-electron chi connectivity index (χ0n) is 11.7. The lowest BCUT2D eigenvalue weighted by Gasteiger charge is -2.19. The Hall–Kier alpha value is -1.26. The normalized spacial score (nSPS) is 12.4. The number of rotatable bonds is 5. The number of benzene rings is 1. The summed E-state index contributed by atoms with van der Waals surface area (Å²) in [4.78, 5) is 4.43. The zero-order valence-corrected chi connectivity index (χ0v) is 13.2. The molecule has 2 rings (SSSR count). The van der Waals surface area contributed by atoms with Crippen LogP contribution in [0.1, 0.15) is 29.8 Å². The van der Waals surface area contributed by atoms with Crippen molar-refractivity contribution >= 4 is 15.9 Å². The number of hydrogen-bond donors (Lipinski definition) is 1. The van der Waals surface area contributed by atoms with Crippen LogP contribution < -0.4 is 5.32 Å². The molecule has 106 valence electrons. The van der Waals surface area contributed by atoms with Crippen LogP contribution in [0, 0.1) is 12.7 Å². The Labute approximate surface area is 127 Å². The number of hydrogen-bond acceptors (Lipinski definition) is 2. The molecule has 1 atom stereocenters. The molecule has 1 N–H and O–H groups in total. The lowest BCUT2D eigenvalue weighted by molar-refractivity contribution is 0.533. The standard InChI is InChI=1S/C16H18BrFN2/c1-3-19-15(9-12-8-7-11(2)10-20-12)13-5-4-6-14(18)16(13)17/h4-8,10,15,19H,3,9H2,1-2H3. The van der Waals surface area contributed by atoms with Crippen LogP contribution in [0.5, 0.6) is 0 Å². The smallest absolute Gasteiger partial charge is 0.137 e. The van der Waals surface area contributed by atoms with Gasteiger partial charge in [-0.25, -0.2) is 4.39 Å². The molecule has 0 radical (unpaired) electrons. The SMILES string of the molecule is CCNC(Cc1ccc(C)cn1)c1cccc(F)c1Br. The predicted octanol–water partition coefficient (Wildman–Crippen LogP) is 4.18. The van der Waals surface area contributed by atoms with Crippen molar-refractivity contribution in [3.05, 3.63) is 63.6 Å². The summed E-state index contributed by atoms with van der Waals surface area (Å²) < 4.78 is 14.2. The Bertz CT molecular complexity index is 569. The van der Waals surface area contributed by atoms with Crippen molar-refractivity contribution in [2.75, 3.05) is 6.54 Å². The summed E-state index contributed by atoms with van der Waals surface area (Å²) >= 11 is 3.34. The minimum atomic E-state index is -0.234. The molecule has 2 aromatic rings. The third-order valence-electron chi connectivity index (χ3n) is 3.19. The van der Waals surface area contributed by atoms with Gasteiger partial charge in [0, 0.05) is 24.4 Å². The number of pyridine rings is 1. The predicted molar refractivity (Wildman–Crippen MR) is 83.2 cm³/mol. The quantitative estimate of drug-likeness (QED) is 0.885. The van der Waals surface area contributed by atoms with E-state index in [9.17, 15) is 4.39 Å². The van der Waals surface area contributed by atoms with E-state index in [1.807, 2.05) is 38.2 Å². The molecule has 1 aromatic carbocycles. The fourth-order valence-electron chi connectivity index (χ4n) is 2.16. The lowest BCUT2D eigenvalue weighted by atomic mass is 10.0. The van der Waals surface area contributed by atoms with E-state index in [2.05, 4.69) is 26.2 Å². The Morgan fingerprint density at radius 2 is 2.10 bits per heavy atom. The van der Waals surface area contributed by atoms with Crippen LogP contribution in [0.3, 0.4) is 0 Å². The van der Waals surface area contributed by atoms with Crippen LogP contribution >= 0.6 is 15.9 Å². The van der Waals surface area contributed by atoms with Gasteiger partial charge in [-0.05, 0) is 52.7 Å². The van der Waals surface area contributed by atoms with Crippen LogP contribution in [-0.4, -0.2) is 11.5 Å². The largest absolute Gasteiger partial charge is 0.310 e. The maximum atomic E-state index is 13.7. The second kappa shape index (κ2) is 6.95. The Morgan fingerprint density at radius 1 is 1.30 bits per heavy atom. The van der Waals surface area contributed by atoms with Crippen LogP contribution in [0.15, 0.2) is 41.0 Å². The average molecular weight is 337 g/mol. The van der Waals surface area contributed by atoms with E-state index in [0.717, 1.165) is 29.8 Å². The molecule has 0 spiro atoms. The summed E-state index contributed by atoms with van der Waals surface area (Å²) in [5.41, 5.74) is 3.06. The maximum Gasteiger partial charge on any atom is 0.137 e. The first-order valence-corrected chi connectivity index (χ1v) is 7.50. The molecular weight excluding hydrogens is 319 g/mol. The molecule has 0 bridgehead atoms. The molecule has 4 heteroatoms. The molecule has 1 unspecified atom stereocenters. The molecule has 2 nitrogen and oxygen atoms in total.